The molecule has 0 aromatic carbocycles. The molecule has 2 aromatic heterocycles. The number of carbonyl (C=O) groups is 1. The Labute approximate surface area is 134 Å². The van der Waals surface area contributed by atoms with E-state index in [1.54, 1.807) is 17.8 Å². The Morgan fingerprint density at radius 1 is 1.35 bits per heavy atom. The number of pyridine rings is 1. The first-order valence-electron chi connectivity index (χ1n) is 8.00. The third-order valence-corrected chi connectivity index (χ3v) is 4.50. The summed E-state index contributed by atoms with van der Waals surface area (Å²) in [6.07, 6.45) is 4.90. The highest BCUT2D eigenvalue weighted by Crippen LogP contribution is 2.46. The molecule has 1 aliphatic carbocycles. The molecule has 2 fully saturated rings. The number of carbonyl (C=O) groups excluding carboxylic acids is 1. The van der Waals surface area contributed by atoms with Gasteiger partial charge in [-0.2, -0.15) is 0 Å². The third kappa shape index (κ3) is 2.91. The first-order valence-corrected chi connectivity index (χ1v) is 8.00. The molecule has 2 atom stereocenters. The van der Waals surface area contributed by atoms with Gasteiger partial charge in [-0.05, 0) is 37.3 Å². The molecule has 0 N–H and O–H groups in total. The van der Waals surface area contributed by atoms with Gasteiger partial charge in [0.15, 0.2) is 5.69 Å². The fraction of sp³-hybridized carbons (Fsp3) is 0.500. The van der Waals surface area contributed by atoms with E-state index in [2.05, 4.69) is 26.3 Å². The van der Waals surface area contributed by atoms with Gasteiger partial charge in [0, 0.05) is 13.1 Å². The van der Waals surface area contributed by atoms with Gasteiger partial charge < -0.3 is 9.64 Å². The topological polar surface area (TPSA) is 73.1 Å². The van der Waals surface area contributed by atoms with Crippen LogP contribution in [0.15, 0.2) is 24.5 Å². The van der Waals surface area contributed by atoms with Crippen LogP contribution in [-0.4, -0.2) is 45.6 Å². The van der Waals surface area contributed by atoms with Gasteiger partial charge in [0.2, 0.25) is 0 Å². The van der Waals surface area contributed by atoms with Crippen molar-refractivity contribution >= 4 is 11.7 Å². The summed E-state index contributed by atoms with van der Waals surface area (Å²) in [4.78, 5) is 18.5. The average molecular weight is 313 g/mol. The number of nitrogens with zero attached hydrogens (tertiary/aromatic N) is 5. The summed E-state index contributed by atoms with van der Waals surface area (Å²) in [5.41, 5.74) is 2.30. The summed E-state index contributed by atoms with van der Waals surface area (Å²) in [5, 5.41) is 7.77. The molecule has 0 bridgehead atoms. The quantitative estimate of drug-likeness (QED) is 0.776. The number of piperidine rings is 1. The predicted octanol–water partition coefficient (Wildman–Crippen LogP) is 1.35. The van der Waals surface area contributed by atoms with Crippen molar-refractivity contribution in [3.63, 3.8) is 0 Å². The second kappa shape index (κ2) is 5.64. The van der Waals surface area contributed by atoms with Crippen molar-refractivity contribution in [2.24, 2.45) is 11.8 Å². The van der Waals surface area contributed by atoms with E-state index in [1.807, 2.05) is 12.3 Å². The number of aromatic nitrogens is 4. The van der Waals surface area contributed by atoms with Crippen LogP contribution in [0, 0.1) is 11.8 Å². The molecule has 7 nitrogen and oxygen atoms in total. The minimum Gasteiger partial charge on any atom is -0.461 e. The fourth-order valence-corrected chi connectivity index (χ4v) is 3.15. The zero-order valence-electron chi connectivity index (χ0n) is 13.1. The van der Waals surface area contributed by atoms with E-state index in [-0.39, 0.29) is 5.69 Å². The Balaban J connectivity index is 1.40. The highest BCUT2D eigenvalue weighted by molar-refractivity contribution is 5.86. The number of ether oxygens (including phenoxy) is 1. The molecular weight excluding hydrogens is 294 g/mol. The van der Waals surface area contributed by atoms with E-state index in [0.717, 1.165) is 30.6 Å². The maximum Gasteiger partial charge on any atom is 0.360 e. The van der Waals surface area contributed by atoms with Crippen molar-refractivity contribution < 1.29 is 9.53 Å². The first kappa shape index (κ1) is 14.2. The van der Waals surface area contributed by atoms with Crippen LogP contribution in [0.3, 0.4) is 0 Å². The fourth-order valence-electron chi connectivity index (χ4n) is 3.15. The minimum atomic E-state index is -0.449. The number of esters is 1. The van der Waals surface area contributed by atoms with Gasteiger partial charge >= 0.3 is 5.97 Å². The van der Waals surface area contributed by atoms with Gasteiger partial charge in [-0.15, -0.1) is 5.10 Å². The second-order valence-electron chi connectivity index (χ2n) is 6.19. The molecule has 0 radical (unpaired) electrons. The average Bonchev–Trinajstić information content (AvgIpc) is 2.98. The molecule has 23 heavy (non-hydrogen) atoms. The lowest BCUT2D eigenvalue weighted by Gasteiger charge is -2.19. The lowest BCUT2D eigenvalue weighted by molar-refractivity contribution is 0.0519. The van der Waals surface area contributed by atoms with E-state index in [0.29, 0.717) is 13.2 Å². The molecule has 0 amide bonds. The van der Waals surface area contributed by atoms with Crippen LogP contribution >= 0.6 is 0 Å². The standard InChI is InChI=1S/C16H19N5O2/c1-2-23-16(22)15-10-21(19-18-15)9-13-3-4-14(6-17-13)20-7-11-5-12(11)8-20/h3-4,6,10-12H,2,5,7-9H2,1H3. The van der Waals surface area contributed by atoms with Gasteiger partial charge in [-0.1, -0.05) is 5.21 Å². The molecular formula is C16H19N5O2. The first-order chi connectivity index (χ1) is 11.2. The van der Waals surface area contributed by atoms with Crippen molar-refractivity contribution in [3.05, 3.63) is 35.9 Å². The maximum absolute atomic E-state index is 11.6. The van der Waals surface area contributed by atoms with Crippen LogP contribution in [0.4, 0.5) is 5.69 Å². The molecule has 120 valence electrons. The minimum absolute atomic E-state index is 0.222. The Morgan fingerprint density at radius 2 is 2.17 bits per heavy atom. The number of rotatable bonds is 5. The lowest BCUT2D eigenvalue weighted by Crippen LogP contribution is -2.21. The van der Waals surface area contributed by atoms with Crippen molar-refractivity contribution in [3.8, 4) is 0 Å². The van der Waals surface area contributed by atoms with E-state index in [1.165, 1.54) is 12.1 Å². The van der Waals surface area contributed by atoms with Gasteiger partial charge in [0.25, 0.3) is 0 Å². The van der Waals surface area contributed by atoms with E-state index >= 15 is 0 Å². The molecule has 1 saturated carbocycles. The zero-order valence-corrected chi connectivity index (χ0v) is 13.1. The molecule has 2 aliphatic rings. The van der Waals surface area contributed by atoms with Crippen molar-refractivity contribution in [1.29, 1.82) is 0 Å². The third-order valence-electron chi connectivity index (χ3n) is 4.50. The number of hydrogen-bond donors (Lipinski definition) is 0. The van der Waals surface area contributed by atoms with Crippen LogP contribution < -0.4 is 4.90 Å². The smallest absolute Gasteiger partial charge is 0.360 e. The Bertz CT molecular complexity index is 702. The van der Waals surface area contributed by atoms with E-state index in [9.17, 15) is 4.79 Å². The monoisotopic (exact) mass is 313 g/mol. The van der Waals surface area contributed by atoms with E-state index < -0.39 is 5.97 Å². The summed E-state index contributed by atoms with van der Waals surface area (Å²) in [6.45, 7) is 4.90. The van der Waals surface area contributed by atoms with Gasteiger partial charge in [-0.25, -0.2) is 9.48 Å². The van der Waals surface area contributed by atoms with Crippen molar-refractivity contribution in [2.45, 2.75) is 19.9 Å². The maximum atomic E-state index is 11.6. The molecule has 4 rings (SSSR count). The zero-order chi connectivity index (χ0) is 15.8. The largest absolute Gasteiger partial charge is 0.461 e. The Kier molecular flexibility index (Phi) is 3.48. The van der Waals surface area contributed by atoms with Crippen LogP contribution in [0.1, 0.15) is 29.5 Å². The SMILES string of the molecule is CCOC(=O)c1cn(Cc2ccc(N3CC4CC4C3)cn2)nn1. The summed E-state index contributed by atoms with van der Waals surface area (Å²) < 4.78 is 6.50. The van der Waals surface area contributed by atoms with Crippen molar-refractivity contribution in [1.82, 2.24) is 20.0 Å². The molecule has 2 aromatic rings. The predicted molar refractivity (Wildman–Crippen MR) is 83.1 cm³/mol. The van der Waals surface area contributed by atoms with Gasteiger partial charge in [-0.3, -0.25) is 4.98 Å². The summed E-state index contributed by atoms with van der Waals surface area (Å²) in [6, 6.07) is 4.11. The van der Waals surface area contributed by atoms with Gasteiger partial charge in [0.05, 0.1) is 36.9 Å². The van der Waals surface area contributed by atoms with Crippen molar-refractivity contribution in [2.75, 3.05) is 24.6 Å². The molecule has 3 heterocycles. The lowest BCUT2D eigenvalue weighted by atomic mass is 10.3. The molecule has 2 unspecified atom stereocenters. The molecule has 1 saturated heterocycles. The number of anilines is 1. The molecule has 7 heteroatoms. The van der Waals surface area contributed by atoms with Crippen LogP contribution in [0.5, 0.6) is 0 Å². The summed E-state index contributed by atoms with van der Waals surface area (Å²) >= 11 is 0. The number of fused-ring (bicyclic) bond motifs is 1. The highest BCUT2D eigenvalue weighted by Gasteiger charge is 2.45. The van der Waals surface area contributed by atoms with Crippen LogP contribution in [-0.2, 0) is 11.3 Å². The van der Waals surface area contributed by atoms with E-state index in [4.69, 9.17) is 4.74 Å². The number of hydrogen-bond acceptors (Lipinski definition) is 6. The molecule has 0 spiro atoms. The normalized spacial score (nSPS) is 22.0. The summed E-state index contributed by atoms with van der Waals surface area (Å²) in [7, 11) is 0. The highest BCUT2D eigenvalue weighted by atomic mass is 16.5. The second-order valence-corrected chi connectivity index (χ2v) is 6.19. The van der Waals surface area contributed by atoms with Gasteiger partial charge in [0.1, 0.15) is 0 Å². The summed E-state index contributed by atoms with van der Waals surface area (Å²) in [5.74, 6) is 1.37. The Hall–Kier alpha value is -2.44. The van der Waals surface area contributed by atoms with Crippen LogP contribution in [0.25, 0.3) is 0 Å². The molecule has 1 aliphatic heterocycles. The van der Waals surface area contributed by atoms with Crippen LogP contribution in [0.2, 0.25) is 0 Å². The Morgan fingerprint density at radius 3 is 2.87 bits per heavy atom.